The molecule has 0 aliphatic rings. The number of nitrogens with one attached hydrogen (secondary N) is 2. The lowest BCUT2D eigenvalue weighted by Crippen LogP contribution is -2.32. The molecule has 1 unspecified atom stereocenters. The number of carbonyl (C=O) groups is 2. The van der Waals surface area contributed by atoms with Gasteiger partial charge >= 0.3 is 5.97 Å². The molecule has 24 heavy (non-hydrogen) atoms. The third-order valence-corrected chi connectivity index (χ3v) is 3.66. The molecule has 0 saturated carbocycles. The molecular formula is C17H20FN3O3. The lowest BCUT2D eigenvalue weighted by molar-refractivity contribution is -0.138. The molecule has 0 radical (unpaired) electrons. The number of nitrogens with zero attached hydrogens (tertiary/aromatic N) is 1. The summed E-state index contributed by atoms with van der Waals surface area (Å²) in [6.45, 7) is 5.84. The van der Waals surface area contributed by atoms with Gasteiger partial charge in [-0.2, -0.15) is 5.10 Å². The van der Waals surface area contributed by atoms with Crippen LogP contribution in [0.2, 0.25) is 0 Å². The maximum atomic E-state index is 13.0. The van der Waals surface area contributed by atoms with Crippen LogP contribution in [0.1, 0.15) is 48.4 Å². The Balaban J connectivity index is 2.06. The Hall–Kier alpha value is -2.70. The molecule has 0 fully saturated rings. The van der Waals surface area contributed by atoms with Crippen LogP contribution in [0.15, 0.2) is 30.3 Å². The van der Waals surface area contributed by atoms with Crippen molar-refractivity contribution in [3.8, 4) is 0 Å². The third-order valence-electron chi connectivity index (χ3n) is 3.66. The van der Waals surface area contributed by atoms with E-state index in [2.05, 4.69) is 15.5 Å². The second kappa shape index (κ2) is 6.82. The molecule has 0 aliphatic carbocycles. The number of amides is 1. The van der Waals surface area contributed by atoms with Crippen molar-refractivity contribution in [1.82, 2.24) is 15.5 Å². The number of aromatic amines is 1. The first kappa shape index (κ1) is 17.7. The maximum Gasteiger partial charge on any atom is 0.312 e. The van der Waals surface area contributed by atoms with Crippen molar-refractivity contribution in [2.45, 2.75) is 32.1 Å². The summed E-state index contributed by atoms with van der Waals surface area (Å²) < 4.78 is 13.0. The van der Waals surface area contributed by atoms with Gasteiger partial charge in [0.1, 0.15) is 11.5 Å². The van der Waals surface area contributed by atoms with Crippen molar-refractivity contribution in [3.63, 3.8) is 0 Å². The van der Waals surface area contributed by atoms with Crippen molar-refractivity contribution < 1.29 is 19.1 Å². The van der Waals surface area contributed by atoms with E-state index in [9.17, 15) is 19.1 Å². The molecule has 6 nitrogen and oxygen atoms in total. The normalized spacial score (nSPS) is 12.7. The summed E-state index contributed by atoms with van der Waals surface area (Å²) in [6, 6.07) is 6.81. The molecule has 7 heteroatoms. The molecular weight excluding hydrogens is 313 g/mol. The van der Waals surface area contributed by atoms with E-state index < -0.39 is 23.6 Å². The minimum atomic E-state index is -1.10. The second-order valence-electron chi connectivity index (χ2n) is 6.57. The number of aromatic nitrogens is 2. The summed E-state index contributed by atoms with van der Waals surface area (Å²) in [4.78, 5) is 23.6. The number of carboxylic acid groups (broad SMARTS) is 1. The SMILES string of the molecule is CC(C)(C)c1cc(C(=O)NCC(C(=O)O)c2ccc(F)cc2)n[nH]1. The van der Waals surface area contributed by atoms with Crippen molar-refractivity contribution in [2.24, 2.45) is 0 Å². The number of rotatable bonds is 5. The molecule has 1 aromatic heterocycles. The molecule has 1 aromatic carbocycles. The van der Waals surface area contributed by atoms with Crippen molar-refractivity contribution in [1.29, 1.82) is 0 Å². The van der Waals surface area contributed by atoms with Gasteiger partial charge in [-0.15, -0.1) is 0 Å². The van der Waals surface area contributed by atoms with E-state index in [1.165, 1.54) is 24.3 Å². The zero-order valence-electron chi connectivity index (χ0n) is 13.8. The smallest absolute Gasteiger partial charge is 0.312 e. The van der Waals surface area contributed by atoms with E-state index in [4.69, 9.17) is 0 Å². The van der Waals surface area contributed by atoms with Gasteiger partial charge in [-0.3, -0.25) is 14.7 Å². The molecule has 1 amide bonds. The number of carboxylic acids is 1. The Morgan fingerprint density at radius 3 is 2.42 bits per heavy atom. The summed E-state index contributed by atoms with van der Waals surface area (Å²) >= 11 is 0. The van der Waals surface area contributed by atoms with Crippen molar-refractivity contribution >= 4 is 11.9 Å². The second-order valence-corrected chi connectivity index (χ2v) is 6.57. The van der Waals surface area contributed by atoms with E-state index in [1.807, 2.05) is 20.8 Å². The van der Waals surface area contributed by atoms with E-state index in [1.54, 1.807) is 6.07 Å². The average Bonchev–Trinajstić information content (AvgIpc) is 2.99. The lowest BCUT2D eigenvalue weighted by atomic mass is 9.92. The van der Waals surface area contributed by atoms with Crippen LogP contribution in [-0.4, -0.2) is 33.7 Å². The number of aliphatic carboxylic acids is 1. The van der Waals surface area contributed by atoms with Gasteiger partial charge < -0.3 is 10.4 Å². The Bertz CT molecular complexity index is 732. The predicted molar refractivity (Wildman–Crippen MR) is 86.4 cm³/mol. The average molecular weight is 333 g/mol. The summed E-state index contributed by atoms with van der Waals surface area (Å²) in [6.07, 6.45) is 0. The molecule has 0 aliphatic heterocycles. The van der Waals surface area contributed by atoms with Crippen LogP contribution in [0.4, 0.5) is 4.39 Å². The first-order valence-electron chi connectivity index (χ1n) is 7.51. The number of benzene rings is 1. The van der Waals surface area contributed by atoms with Crippen molar-refractivity contribution in [3.05, 3.63) is 53.1 Å². The fraction of sp³-hybridized carbons (Fsp3) is 0.353. The van der Waals surface area contributed by atoms with Crippen LogP contribution in [0, 0.1) is 5.82 Å². The topological polar surface area (TPSA) is 95.1 Å². The predicted octanol–water partition coefficient (Wildman–Crippen LogP) is 2.44. The van der Waals surface area contributed by atoms with E-state index in [-0.39, 0.29) is 17.7 Å². The molecule has 2 aromatic rings. The van der Waals surface area contributed by atoms with Crippen LogP contribution in [0.5, 0.6) is 0 Å². The highest BCUT2D eigenvalue weighted by atomic mass is 19.1. The van der Waals surface area contributed by atoms with Crippen molar-refractivity contribution in [2.75, 3.05) is 6.54 Å². The van der Waals surface area contributed by atoms with Gasteiger partial charge in [-0.05, 0) is 23.8 Å². The number of halogens is 1. The van der Waals surface area contributed by atoms with E-state index in [0.29, 0.717) is 5.56 Å². The van der Waals surface area contributed by atoms with E-state index >= 15 is 0 Å². The van der Waals surface area contributed by atoms with Gasteiger partial charge in [-0.25, -0.2) is 4.39 Å². The molecule has 3 N–H and O–H groups in total. The maximum absolute atomic E-state index is 13.0. The number of carbonyl (C=O) groups excluding carboxylic acids is 1. The van der Waals surface area contributed by atoms with Crippen LogP contribution >= 0.6 is 0 Å². The van der Waals surface area contributed by atoms with Gasteiger partial charge in [0.2, 0.25) is 0 Å². The molecule has 128 valence electrons. The van der Waals surface area contributed by atoms with Gasteiger partial charge in [0.25, 0.3) is 5.91 Å². The zero-order chi connectivity index (χ0) is 17.9. The summed E-state index contributed by atoms with van der Waals surface area (Å²) in [5, 5.41) is 18.6. The molecule has 0 spiro atoms. The standard InChI is InChI=1S/C17H20FN3O3/c1-17(2,3)14-8-13(20-21-14)15(22)19-9-12(16(23)24)10-4-6-11(18)7-5-10/h4-8,12H,9H2,1-3H3,(H,19,22)(H,20,21)(H,23,24). The molecule has 0 saturated heterocycles. The summed E-state index contributed by atoms with van der Waals surface area (Å²) in [5.74, 6) is -2.97. The highest BCUT2D eigenvalue weighted by Gasteiger charge is 2.23. The van der Waals surface area contributed by atoms with Crippen LogP contribution in [0.25, 0.3) is 0 Å². The molecule has 1 heterocycles. The molecule has 2 rings (SSSR count). The van der Waals surface area contributed by atoms with Gasteiger partial charge in [-0.1, -0.05) is 32.9 Å². The van der Waals surface area contributed by atoms with Crippen LogP contribution in [0.3, 0.4) is 0 Å². The highest BCUT2D eigenvalue weighted by molar-refractivity contribution is 5.92. The Morgan fingerprint density at radius 2 is 1.92 bits per heavy atom. The molecule has 0 bridgehead atoms. The fourth-order valence-electron chi connectivity index (χ4n) is 2.15. The minimum Gasteiger partial charge on any atom is -0.481 e. The van der Waals surface area contributed by atoms with Gasteiger partial charge in [0.05, 0.1) is 5.92 Å². The summed E-state index contributed by atoms with van der Waals surface area (Å²) in [5.41, 5.74) is 1.24. The monoisotopic (exact) mass is 333 g/mol. The van der Waals surface area contributed by atoms with Crippen LogP contribution < -0.4 is 5.32 Å². The number of hydrogen-bond donors (Lipinski definition) is 3. The van der Waals surface area contributed by atoms with Gasteiger partial charge in [0, 0.05) is 17.7 Å². The first-order valence-corrected chi connectivity index (χ1v) is 7.51. The number of hydrogen-bond acceptors (Lipinski definition) is 3. The lowest BCUT2D eigenvalue weighted by Gasteiger charge is -2.14. The van der Waals surface area contributed by atoms with E-state index in [0.717, 1.165) is 5.69 Å². The largest absolute Gasteiger partial charge is 0.481 e. The highest BCUT2D eigenvalue weighted by Crippen LogP contribution is 2.20. The third kappa shape index (κ3) is 4.18. The Morgan fingerprint density at radius 1 is 1.29 bits per heavy atom. The van der Waals surface area contributed by atoms with Crippen LogP contribution in [-0.2, 0) is 10.2 Å². The van der Waals surface area contributed by atoms with Gasteiger partial charge in [0.15, 0.2) is 0 Å². The quantitative estimate of drug-likeness (QED) is 0.783. The molecule has 1 atom stereocenters. The fourth-order valence-corrected chi connectivity index (χ4v) is 2.15. The summed E-state index contributed by atoms with van der Waals surface area (Å²) in [7, 11) is 0. The first-order chi connectivity index (χ1) is 11.2. The minimum absolute atomic E-state index is 0.114. The zero-order valence-corrected chi connectivity index (χ0v) is 13.8. The Labute approximate surface area is 139 Å². The number of H-pyrrole nitrogens is 1. The Kier molecular flexibility index (Phi) is 5.02.